The largest absolute Gasteiger partial charge is 0.493 e. The van der Waals surface area contributed by atoms with Crippen LogP contribution in [0.1, 0.15) is 34.3 Å². The predicted molar refractivity (Wildman–Crippen MR) is 101 cm³/mol. The van der Waals surface area contributed by atoms with Crippen molar-refractivity contribution in [2.24, 2.45) is 0 Å². The molecule has 142 valence electrons. The highest BCUT2D eigenvalue weighted by molar-refractivity contribution is 6.32. The van der Waals surface area contributed by atoms with E-state index in [1.807, 2.05) is 25.1 Å². The number of halogens is 1. The van der Waals surface area contributed by atoms with E-state index in [1.165, 1.54) is 18.1 Å². The number of fused-ring (bicyclic) bond motifs is 1. The average Bonchev–Trinajstić information content (AvgIpc) is 2.67. The van der Waals surface area contributed by atoms with Gasteiger partial charge in [-0.3, -0.25) is 9.59 Å². The van der Waals surface area contributed by atoms with E-state index in [0.717, 1.165) is 11.1 Å². The molecule has 0 fully saturated rings. The third kappa shape index (κ3) is 3.71. The molecule has 0 radical (unpaired) electrons. The number of nitrogens with zero attached hydrogens (tertiary/aromatic N) is 1. The monoisotopic (exact) mass is 389 g/mol. The Morgan fingerprint density at radius 2 is 2.04 bits per heavy atom. The van der Waals surface area contributed by atoms with Crippen molar-refractivity contribution in [3.05, 3.63) is 58.1 Å². The maximum Gasteiger partial charge on any atom is 0.312 e. The lowest BCUT2D eigenvalue weighted by atomic mass is 9.89. The van der Waals surface area contributed by atoms with Crippen molar-refractivity contribution >= 4 is 23.5 Å². The number of ether oxygens (including phenoxy) is 2. The second-order valence-electron chi connectivity index (χ2n) is 6.20. The van der Waals surface area contributed by atoms with Crippen LogP contribution in [-0.4, -0.2) is 42.1 Å². The maximum absolute atomic E-state index is 13.0. The Bertz CT molecular complexity index is 883. The van der Waals surface area contributed by atoms with Crippen molar-refractivity contribution in [2.75, 3.05) is 20.3 Å². The van der Waals surface area contributed by atoms with Crippen LogP contribution in [0.5, 0.6) is 11.5 Å². The predicted octanol–water partition coefficient (Wildman–Crippen LogP) is 3.57. The molecule has 3 rings (SSSR count). The van der Waals surface area contributed by atoms with Gasteiger partial charge in [0, 0.05) is 18.7 Å². The van der Waals surface area contributed by atoms with Gasteiger partial charge in [-0.25, -0.2) is 0 Å². The van der Waals surface area contributed by atoms with E-state index in [4.69, 9.17) is 21.1 Å². The second kappa shape index (κ2) is 7.88. The molecule has 0 saturated carbocycles. The Morgan fingerprint density at radius 3 is 2.70 bits per heavy atom. The van der Waals surface area contributed by atoms with Crippen LogP contribution in [0.2, 0.25) is 5.02 Å². The van der Waals surface area contributed by atoms with Gasteiger partial charge in [0.05, 0.1) is 24.7 Å². The Hall–Kier alpha value is -2.73. The van der Waals surface area contributed by atoms with Gasteiger partial charge in [0.1, 0.15) is 0 Å². The summed E-state index contributed by atoms with van der Waals surface area (Å²) in [5, 5.41) is 9.85. The number of rotatable bonds is 5. The third-order valence-electron chi connectivity index (χ3n) is 4.55. The Balaban J connectivity index is 1.95. The van der Waals surface area contributed by atoms with Crippen molar-refractivity contribution in [3.63, 3.8) is 0 Å². The summed E-state index contributed by atoms with van der Waals surface area (Å²) in [6.45, 7) is 2.67. The molecule has 1 atom stereocenters. The first kappa shape index (κ1) is 19.0. The normalized spacial score (nSPS) is 15.8. The first-order valence-corrected chi connectivity index (χ1v) is 8.94. The van der Waals surface area contributed by atoms with Gasteiger partial charge in [0.15, 0.2) is 11.5 Å². The van der Waals surface area contributed by atoms with Crippen LogP contribution < -0.4 is 9.47 Å². The van der Waals surface area contributed by atoms with Crippen molar-refractivity contribution < 1.29 is 24.2 Å². The van der Waals surface area contributed by atoms with Gasteiger partial charge >= 0.3 is 5.97 Å². The smallest absolute Gasteiger partial charge is 0.312 e. The number of methoxy groups -OCH3 is 1. The molecule has 1 unspecified atom stereocenters. The number of carbonyl (C=O) groups excluding carboxylic acids is 1. The molecular formula is C20H20ClNO5. The van der Waals surface area contributed by atoms with E-state index in [0.29, 0.717) is 30.2 Å². The van der Waals surface area contributed by atoms with Crippen molar-refractivity contribution in [3.8, 4) is 11.5 Å². The number of aliphatic carboxylic acids is 1. The van der Waals surface area contributed by atoms with Gasteiger partial charge in [0.25, 0.3) is 5.91 Å². The molecule has 1 aliphatic heterocycles. The first-order chi connectivity index (χ1) is 13.0. The first-order valence-electron chi connectivity index (χ1n) is 8.56. The molecule has 1 aliphatic rings. The second-order valence-corrected chi connectivity index (χ2v) is 6.60. The van der Waals surface area contributed by atoms with E-state index in [9.17, 15) is 14.7 Å². The SMILES string of the molecule is CCOc1c(Cl)cc(C(=O)N2Cc3ccccc3C(C(=O)O)C2)cc1OC. The van der Waals surface area contributed by atoms with Crippen LogP contribution in [0.15, 0.2) is 36.4 Å². The zero-order chi connectivity index (χ0) is 19.6. The van der Waals surface area contributed by atoms with Gasteiger partial charge in [-0.05, 0) is 30.2 Å². The molecule has 1 heterocycles. The minimum atomic E-state index is -0.956. The molecule has 0 bridgehead atoms. The van der Waals surface area contributed by atoms with Gasteiger partial charge in [-0.1, -0.05) is 35.9 Å². The molecule has 0 aromatic heterocycles. The summed E-state index contributed by atoms with van der Waals surface area (Å²) < 4.78 is 10.8. The zero-order valence-electron chi connectivity index (χ0n) is 15.1. The Kier molecular flexibility index (Phi) is 5.56. The van der Waals surface area contributed by atoms with Gasteiger partial charge in [-0.15, -0.1) is 0 Å². The minimum absolute atomic E-state index is 0.0956. The van der Waals surface area contributed by atoms with E-state index in [-0.39, 0.29) is 17.5 Å². The summed E-state index contributed by atoms with van der Waals surface area (Å²) in [6, 6.07) is 10.4. The number of carboxylic acids is 1. The molecule has 6 nitrogen and oxygen atoms in total. The molecule has 1 amide bonds. The molecule has 27 heavy (non-hydrogen) atoms. The number of hydrogen-bond acceptors (Lipinski definition) is 4. The Morgan fingerprint density at radius 1 is 1.30 bits per heavy atom. The molecule has 0 aliphatic carbocycles. The summed E-state index contributed by atoms with van der Waals surface area (Å²) >= 11 is 6.27. The lowest BCUT2D eigenvalue weighted by Gasteiger charge is -2.33. The highest BCUT2D eigenvalue weighted by atomic mass is 35.5. The third-order valence-corrected chi connectivity index (χ3v) is 4.83. The molecular weight excluding hydrogens is 370 g/mol. The van der Waals surface area contributed by atoms with Crippen LogP contribution >= 0.6 is 11.6 Å². The van der Waals surface area contributed by atoms with Crippen LogP contribution in [0.3, 0.4) is 0 Å². The fourth-order valence-electron chi connectivity index (χ4n) is 3.28. The summed E-state index contributed by atoms with van der Waals surface area (Å²) in [5.41, 5.74) is 1.90. The average molecular weight is 390 g/mol. The fourth-order valence-corrected chi connectivity index (χ4v) is 3.55. The Labute approximate surface area is 162 Å². The molecule has 7 heteroatoms. The van der Waals surface area contributed by atoms with E-state index < -0.39 is 11.9 Å². The summed E-state index contributed by atoms with van der Waals surface area (Å²) in [6.07, 6.45) is 0. The van der Waals surface area contributed by atoms with E-state index in [2.05, 4.69) is 0 Å². The number of carbonyl (C=O) groups is 2. The van der Waals surface area contributed by atoms with Crippen LogP contribution in [0, 0.1) is 0 Å². The maximum atomic E-state index is 13.0. The number of benzene rings is 2. The van der Waals surface area contributed by atoms with Gasteiger partial charge < -0.3 is 19.5 Å². The molecule has 0 saturated heterocycles. The number of carboxylic acid groups (broad SMARTS) is 1. The van der Waals surface area contributed by atoms with Crippen LogP contribution in [0.4, 0.5) is 0 Å². The van der Waals surface area contributed by atoms with Crippen molar-refractivity contribution in [2.45, 2.75) is 19.4 Å². The highest BCUT2D eigenvalue weighted by Crippen LogP contribution is 2.37. The lowest BCUT2D eigenvalue weighted by Crippen LogP contribution is -2.40. The van der Waals surface area contributed by atoms with Crippen molar-refractivity contribution in [1.29, 1.82) is 0 Å². The lowest BCUT2D eigenvalue weighted by molar-refractivity contribution is -0.139. The minimum Gasteiger partial charge on any atom is -0.493 e. The van der Waals surface area contributed by atoms with E-state index >= 15 is 0 Å². The van der Waals surface area contributed by atoms with Crippen molar-refractivity contribution in [1.82, 2.24) is 4.90 Å². The molecule has 0 spiro atoms. The van der Waals surface area contributed by atoms with Gasteiger partial charge in [0.2, 0.25) is 0 Å². The fraction of sp³-hybridized carbons (Fsp3) is 0.300. The van der Waals surface area contributed by atoms with Crippen LogP contribution in [-0.2, 0) is 11.3 Å². The van der Waals surface area contributed by atoms with Crippen LogP contribution in [0.25, 0.3) is 0 Å². The van der Waals surface area contributed by atoms with Gasteiger partial charge in [-0.2, -0.15) is 0 Å². The van der Waals surface area contributed by atoms with E-state index in [1.54, 1.807) is 12.1 Å². The molecule has 2 aromatic carbocycles. The quantitative estimate of drug-likeness (QED) is 0.846. The zero-order valence-corrected chi connectivity index (χ0v) is 15.8. The molecule has 1 N–H and O–H groups in total. The summed E-state index contributed by atoms with van der Waals surface area (Å²) in [7, 11) is 1.47. The molecule has 2 aromatic rings. The topological polar surface area (TPSA) is 76.1 Å². The summed E-state index contributed by atoms with van der Waals surface area (Å²) in [4.78, 5) is 26.3. The number of hydrogen-bond donors (Lipinski definition) is 1. The standard InChI is InChI=1S/C20H20ClNO5/c1-3-27-18-16(21)8-13(9-17(18)26-2)19(23)22-10-12-6-4-5-7-14(12)15(11-22)20(24)25/h4-9,15H,3,10-11H2,1-2H3,(H,24,25). The number of amides is 1. The highest BCUT2D eigenvalue weighted by Gasteiger charge is 2.33. The summed E-state index contributed by atoms with van der Waals surface area (Å²) in [5.74, 6) is -1.29.